The SMILES string of the molecule is CC(O)(Cc1ccoc1)c1cccc(C#N)c1. The van der Waals surface area contributed by atoms with Crippen molar-refractivity contribution in [2.24, 2.45) is 0 Å². The van der Waals surface area contributed by atoms with E-state index in [0.29, 0.717) is 12.0 Å². The molecule has 1 aromatic carbocycles. The van der Waals surface area contributed by atoms with Gasteiger partial charge in [-0.05, 0) is 36.2 Å². The van der Waals surface area contributed by atoms with Crippen LogP contribution in [-0.2, 0) is 12.0 Å². The van der Waals surface area contributed by atoms with Gasteiger partial charge in [-0.1, -0.05) is 12.1 Å². The average Bonchev–Trinajstić information content (AvgIpc) is 2.81. The van der Waals surface area contributed by atoms with Crippen LogP contribution in [0.5, 0.6) is 0 Å². The minimum Gasteiger partial charge on any atom is -0.472 e. The maximum Gasteiger partial charge on any atom is 0.0991 e. The van der Waals surface area contributed by atoms with Crippen molar-refractivity contribution < 1.29 is 9.52 Å². The zero-order valence-electron chi connectivity index (χ0n) is 9.55. The van der Waals surface area contributed by atoms with E-state index in [4.69, 9.17) is 9.68 Å². The lowest BCUT2D eigenvalue weighted by molar-refractivity contribution is 0.0574. The van der Waals surface area contributed by atoms with Gasteiger partial charge < -0.3 is 9.52 Å². The lowest BCUT2D eigenvalue weighted by Crippen LogP contribution is -2.24. The predicted octanol–water partition coefficient (Wildman–Crippen LogP) is 2.60. The quantitative estimate of drug-likeness (QED) is 0.876. The highest BCUT2D eigenvalue weighted by molar-refractivity contribution is 5.36. The normalized spacial score (nSPS) is 13.9. The van der Waals surface area contributed by atoms with Crippen molar-refractivity contribution in [3.63, 3.8) is 0 Å². The molecule has 0 spiro atoms. The van der Waals surface area contributed by atoms with E-state index in [1.807, 2.05) is 12.1 Å². The molecule has 0 aliphatic heterocycles. The summed E-state index contributed by atoms with van der Waals surface area (Å²) in [5, 5.41) is 19.3. The first-order valence-electron chi connectivity index (χ1n) is 5.36. The topological polar surface area (TPSA) is 57.2 Å². The van der Waals surface area contributed by atoms with Crippen molar-refractivity contribution in [2.75, 3.05) is 0 Å². The Morgan fingerprint density at radius 1 is 1.41 bits per heavy atom. The first kappa shape index (κ1) is 11.4. The summed E-state index contributed by atoms with van der Waals surface area (Å²) in [5.41, 5.74) is 1.21. The third-order valence-corrected chi connectivity index (χ3v) is 2.74. The zero-order valence-corrected chi connectivity index (χ0v) is 9.55. The Hall–Kier alpha value is -2.05. The Balaban J connectivity index is 2.28. The number of nitrogens with zero attached hydrogens (tertiary/aromatic N) is 1. The van der Waals surface area contributed by atoms with Crippen molar-refractivity contribution in [1.82, 2.24) is 0 Å². The predicted molar refractivity (Wildman–Crippen MR) is 63.1 cm³/mol. The van der Waals surface area contributed by atoms with Crippen LogP contribution < -0.4 is 0 Å². The Morgan fingerprint density at radius 3 is 2.88 bits per heavy atom. The molecule has 2 aromatic rings. The van der Waals surface area contributed by atoms with Crippen LogP contribution in [0, 0.1) is 11.3 Å². The largest absolute Gasteiger partial charge is 0.472 e. The fraction of sp³-hybridized carbons (Fsp3) is 0.214. The molecular formula is C14H13NO2. The van der Waals surface area contributed by atoms with Crippen molar-refractivity contribution in [1.29, 1.82) is 5.26 Å². The van der Waals surface area contributed by atoms with Crippen LogP contribution in [0.4, 0.5) is 0 Å². The van der Waals surface area contributed by atoms with Gasteiger partial charge in [-0.15, -0.1) is 0 Å². The van der Waals surface area contributed by atoms with E-state index in [2.05, 4.69) is 6.07 Å². The molecule has 3 heteroatoms. The van der Waals surface area contributed by atoms with Gasteiger partial charge in [0.1, 0.15) is 0 Å². The molecular weight excluding hydrogens is 214 g/mol. The van der Waals surface area contributed by atoms with E-state index in [-0.39, 0.29) is 0 Å². The van der Waals surface area contributed by atoms with Crippen LogP contribution in [-0.4, -0.2) is 5.11 Å². The molecule has 0 saturated carbocycles. The van der Waals surface area contributed by atoms with Gasteiger partial charge in [-0.3, -0.25) is 0 Å². The number of hydrogen-bond donors (Lipinski definition) is 1. The number of rotatable bonds is 3. The van der Waals surface area contributed by atoms with E-state index < -0.39 is 5.60 Å². The average molecular weight is 227 g/mol. The smallest absolute Gasteiger partial charge is 0.0991 e. The monoisotopic (exact) mass is 227 g/mol. The summed E-state index contributed by atoms with van der Waals surface area (Å²) in [6.45, 7) is 1.73. The number of hydrogen-bond acceptors (Lipinski definition) is 3. The zero-order chi connectivity index (χ0) is 12.3. The number of nitriles is 1. The third kappa shape index (κ3) is 2.55. The molecule has 0 saturated heterocycles. The van der Waals surface area contributed by atoms with Crippen molar-refractivity contribution in [3.8, 4) is 6.07 Å². The van der Waals surface area contributed by atoms with Crippen molar-refractivity contribution in [2.45, 2.75) is 18.9 Å². The summed E-state index contributed by atoms with van der Waals surface area (Å²) in [4.78, 5) is 0. The molecule has 1 unspecified atom stereocenters. The Bertz CT molecular complexity index is 536. The van der Waals surface area contributed by atoms with Gasteiger partial charge in [0, 0.05) is 6.42 Å². The second-order valence-corrected chi connectivity index (χ2v) is 4.27. The van der Waals surface area contributed by atoms with Crippen LogP contribution in [0.2, 0.25) is 0 Å². The molecule has 0 bridgehead atoms. The Morgan fingerprint density at radius 2 is 2.24 bits per heavy atom. The van der Waals surface area contributed by atoms with Crippen molar-refractivity contribution >= 4 is 0 Å². The van der Waals surface area contributed by atoms with Crippen LogP contribution in [0.25, 0.3) is 0 Å². The van der Waals surface area contributed by atoms with Gasteiger partial charge in [0.05, 0.1) is 29.8 Å². The standard InChI is InChI=1S/C14H13NO2/c1-14(16,8-12-5-6-17-10-12)13-4-2-3-11(7-13)9-15/h2-7,10,16H,8H2,1H3. The number of benzene rings is 1. The second kappa shape index (κ2) is 4.44. The van der Waals surface area contributed by atoms with Gasteiger partial charge in [0.25, 0.3) is 0 Å². The van der Waals surface area contributed by atoms with Crippen LogP contribution in [0.3, 0.4) is 0 Å². The molecule has 2 rings (SSSR count). The van der Waals surface area contributed by atoms with Gasteiger partial charge in [-0.2, -0.15) is 5.26 Å². The maximum absolute atomic E-state index is 10.4. The lowest BCUT2D eigenvalue weighted by atomic mass is 9.89. The summed E-state index contributed by atoms with van der Waals surface area (Å²) >= 11 is 0. The molecule has 0 aliphatic carbocycles. The maximum atomic E-state index is 10.4. The molecule has 3 nitrogen and oxygen atoms in total. The van der Waals surface area contributed by atoms with E-state index in [9.17, 15) is 5.11 Å². The third-order valence-electron chi connectivity index (χ3n) is 2.74. The van der Waals surface area contributed by atoms with Crippen LogP contribution >= 0.6 is 0 Å². The van der Waals surface area contributed by atoms with Gasteiger partial charge in [0.15, 0.2) is 0 Å². The second-order valence-electron chi connectivity index (χ2n) is 4.27. The summed E-state index contributed by atoms with van der Waals surface area (Å²) < 4.78 is 4.98. The molecule has 0 fully saturated rings. The molecule has 1 heterocycles. The number of aliphatic hydroxyl groups is 1. The number of furan rings is 1. The minimum absolute atomic E-state index is 0.457. The summed E-state index contributed by atoms with van der Waals surface area (Å²) in [7, 11) is 0. The fourth-order valence-electron chi connectivity index (χ4n) is 1.82. The van der Waals surface area contributed by atoms with Gasteiger partial charge >= 0.3 is 0 Å². The molecule has 0 radical (unpaired) electrons. The van der Waals surface area contributed by atoms with E-state index in [1.54, 1.807) is 37.6 Å². The Kier molecular flexibility index (Phi) is 2.99. The van der Waals surface area contributed by atoms with Crippen LogP contribution in [0.15, 0.2) is 47.3 Å². The van der Waals surface area contributed by atoms with E-state index in [1.165, 1.54) is 0 Å². The summed E-state index contributed by atoms with van der Waals surface area (Å²) in [6.07, 6.45) is 3.65. The molecule has 1 aromatic heterocycles. The van der Waals surface area contributed by atoms with Crippen LogP contribution in [0.1, 0.15) is 23.6 Å². The molecule has 17 heavy (non-hydrogen) atoms. The van der Waals surface area contributed by atoms with E-state index >= 15 is 0 Å². The van der Waals surface area contributed by atoms with Crippen molar-refractivity contribution in [3.05, 3.63) is 59.5 Å². The first-order valence-corrected chi connectivity index (χ1v) is 5.36. The summed E-state index contributed by atoms with van der Waals surface area (Å²) in [5.74, 6) is 0. The van der Waals surface area contributed by atoms with Gasteiger partial charge in [-0.25, -0.2) is 0 Å². The molecule has 1 N–H and O–H groups in total. The highest BCUT2D eigenvalue weighted by Gasteiger charge is 2.24. The van der Waals surface area contributed by atoms with E-state index in [0.717, 1.165) is 11.1 Å². The highest BCUT2D eigenvalue weighted by atomic mass is 16.3. The highest BCUT2D eigenvalue weighted by Crippen LogP contribution is 2.26. The minimum atomic E-state index is -1.00. The fourth-order valence-corrected chi connectivity index (χ4v) is 1.82. The van der Waals surface area contributed by atoms with Gasteiger partial charge in [0.2, 0.25) is 0 Å². The first-order chi connectivity index (χ1) is 8.12. The molecule has 86 valence electrons. The molecule has 1 atom stereocenters. The summed E-state index contributed by atoms with van der Waals surface area (Å²) in [6, 6.07) is 10.9. The Labute approximate surface area is 99.9 Å². The lowest BCUT2D eigenvalue weighted by Gasteiger charge is -2.23. The molecule has 0 aliphatic rings. The molecule has 0 amide bonds.